The van der Waals surface area contributed by atoms with Crippen LogP contribution in [0.5, 0.6) is 5.75 Å². The summed E-state index contributed by atoms with van der Waals surface area (Å²) in [5, 5.41) is 2.70. The van der Waals surface area contributed by atoms with Gasteiger partial charge in [0, 0.05) is 25.7 Å². The SMILES string of the molecule is COc1ccccc1N1CCN(Cc2cc(=O)n3[nH]cnc3n2)CC1=O. The molecule has 0 unspecified atom stereocenters. The van der Waals surface area contributed by atoms with Gasteiger partial charge < -0.3 is 9.64 Å². The number of nitrogens with zero attached hydrogens (tertiary/aromatic N) is 5. The zero-order chi connectivity index (χ0) is 18.1. The molecule has 4 rings (SSSR count). The Morgan fingerprint density at radius 2 is 2.08 bits per heavy atom. The van der Waals surface area contributed by atoms with Gasteiger partial charge in [0.2, 0.25) is 5.91 Å². The Morgan fingerprint density at radius 3 is 2.88 bits per heavy atom. The molecule has 1 N–H and O–H groups in total. The van der Waals surface area contributed by atoms with Gasteiger partial charge in [-0.2, -0.15) is 4.52 Å². The van der Waals surface area contributed by atoms with E-state index in [0.29, 0.717) is 36.9 Å². The lowest BCUT2D eigenvalue weighted by Gasteiger charge is -2.34. The molecule has 2 aromatic heterocycles. The zero-order valence-electron chi connectivity index (χ0n) is 14.3. The fourth-order valence-electron chi connectivity index (χ4n) is 3.14. The van der Waals surface area contributed by atoms with E-state index in [1.165, 1.54) is 16.9 Å². The van der Waals surface area contributed by atoms with Crippen molar-refractivity contribution in [3.05, 3.63) is 52.7 Å². The second-order valence-corrected chi connectivity index (χ2v) is 6.04. The number of rotatable bonds is 4. The fourth-order valence-corrected chi connectivity index (χ4v) is 3.14. The highest BCUT2D eigenvalue weighted by Gasteiger charge is 2.27. The van der Waals surface area contributed by atoms with Crippen molar-refractivity contribution in [2.75, 3.05) is 31.6 Å². The Morgan fingerprint density at radius 1 is 1.23 bits per heavy atom. The predicted molar refractivity (Wildman–Crippen MR) is 94.2 cm³/mol. The van der Waals surface area contributed by atoms with Gasteiger partial charge in [0.1, 0.15) is 12.1 Å². The number of benzene rings is 1. The van der Waals surface area contributed by atoms with Crippen molar-refractivity contribution in [3.8, 4) is 5.75 Å². The maximum atomic E-state index is 12.6. The van der Waals surface area contributed by atoms with Crippen LogP contribution in [0.2, 0.25) is 0 Å². The summed E-state index contributed by atoms with van der Waals surface area (Å²) >= 11 is 0. The van der Waals surface area contributed by atoms with Crippen LogP contribution in [0.1, 0.15) is 5.69 Å². The molecule has 9 heteroatoms. The number of fused-ring (bicyclic) bond motifs is 1. The van der Waals surface area contributed by atoms with Crippen LogP contribution in [0.25, 0.3) is 5.78 Å². The third-order valence-electron chi connectivity index (χ3n) is 4.38. The van der Waals surface area contributed by atoms with Gasteiger partial charge >= 0.3 is 0 Å². The van der Waals surface area contributed by atoms with Crippen molar-refractivity contribution < 1.29 is 9.53 Å². The fraction of sp³-hybridized carbons (Fsp3) is 0.294. The molecule has 0 aliphatic carbocycles. The van der Waals surface area contributed by atoms with Crippen LogP contribution >= 0.6 is 0 Å². The molecule has 0 saturated carbocycles. The van der Waals surface area contributed by atoms with Crippen molar-refractivity contribution in [2.24, 2.45) is 0 Å². The maximum absolute atomic E-state index is 12.6. The number of methoxy groups -OCH3 is 1. The summed E-state index contributed by atoms with van der Waals surface area (Å²) in [6, 6.07) is 8.93. The molecule has 0 radical (unpaired) electrons. The molecular weight excluding hydrogens is 336 g/mol. The summed E-state index contributed by atoms with van der Waals surface area (Å²) in [7, 11) is 1.59. The number of nitrogens with one attached hydrogen (secondary N) is 1. The van der Waals surface area contributed by atoms with E-state index in [2.05, 4.69) is 15.1 Å². The number of aromatic amines is 1. The van der Waals surface area contributed by atoms with Crippen LogP contribution in [0.15, 0.2) is 41.5 Å². The summed E-state index contributed by atoms with van der Waals surface area (Å²) in [6.07, 6.45) is 1.42. The molecule has 1 saturated heterocycles. The number of H-pyrrole nitrogens is 1. The molecule has 1 aliphatic rings. The smallest absolute Gasteiger partial charge is 0.274 e. The standard InChI is InChI=1S/C17H18N6O3/c1-26-14-5-3-2-4-13(14)22-7-6-21(10-16(22)25)9-12-8-15(24)23-17(20-12)18-11-19-23/h2-5,8,11H,6-7,9-10H2,1H3,(H,18,19,20). The first-order chi connectivity index (χ1) is 12.7. The first-order valence-electron chi connectivity index (χ1n) is 8.23. The van der Waals surface area contributed by atoms with E-state index in [-0.39, 0.29) is 18.0 Å². The number of para-hydroxylation sites is 2. The van der Waals surface area contributed by atoms with Gasteiger partial charge in [-0.25, -0.2) is 9.97 Å². The molecule has 9 nitrogen and oxygen atoms in total. The Balaban J connectivity index is 1.50. The number of aromatic nitrogens is 4. The summed E-state index contributed by atoms with van der Waals surface area (Å²) < 4.78 is 6.62. The minimum absolute atomic E-state index is 0.0154. The Kier molecular flexibility index (Phi) is 4.13. The normalized spacial score (nSPS) is 15.6. The van der Waals surface area contributed by atoms with Gasteiger partial charge in [0.15, 0.2) is 0 Å². The van der Waals surface area contributed by atoms with Gasteiger partial charge in [-0.3, -0.25) is 19.6 Å². The molecule has 134 valence electrons. The number of carbonyl (C=O) groups excluding carboxylic acids is 1. The monoisotopic (exact) mass is 354 g/mol. The number of hydrogen-bond donors (Lipinski definition) is 1. The molecule has 1 aliphatic heterocycles. The van der Waals surface area contributed by atoms with E-state index in [1.54, 1.807) is 12.0 Å². The van der Waals surface area contributed by atoms with Crippen LogP contribution in [0, 0.1) is 0 Å². The molecule has 0 spiro atoms. The van der Waals surface area contributed by atoms with E-state index < -0.39 is 0 Å². The molecule has 0 bridgehead atoms. The summed E-state index contributed by atoms with van der Waals surface area (Å²) in [6.45, 7) is 1.89. The molecule has 0 atom stereocenters. The number of hydrogen-bond acceptors (Lipinski definition) is 6. The average molecular weight is 354 g/mol. The Hall–Kier alpha value is -3.20. The van der Waals surface area contributed by atoms with Crippen LogP contribution in [0.3, 0.4) is 0 Å². The largest absolute Gasteiger partial charge is 0.495 e. The number of piperazine rings is 1. The van der Waals surface area contributed by atoms with E-state index >= 15 is 0 Å². The minimum atomic E-state index is -0.221. The topological polar surface area (TPSA) is 95.8 Å². The quantitative estimate of drug-likeness (QED) is 0.723. The molecule has 1 aromatic carbocycles. The number of anilines is 1. The highest BCUT2D eigenvalue weighted by molar-refractivity contribution is 5.96. The summed E-state index contributed by atoms with van der Waals surface area (Å²) in [4.78, 5) is 36.7. The van der Waals surface area contributed by atoms with Crippen molar-refractivity contribution in [1.29, 1.82) is 0 Å². The third kappa shape index (κ3) is 2.93. The predicted octanol–water partition coefficient (Wildman–Crippen LogP) is 0.275. The van der Waals surface area contributed by atoms with Crippen molar-refractivity contribution in [1.82, 2.24) is 24.5 Å². The molecule has 3 heterocycles. The first-order valence-corrected chi connectivity index (χ1v) is 8.23. The lowest BCUT2D eigenvalue weighted by atomic mass is 10.2. The van der Waals surface area contributed by atoms with Gasteiger partial charge in [-0.05, 0) is 12.1 Å². The van der Waals surface area contributed by atoms with Crippen LogP contribution in [-0.2, 0) is 11.3 Å². The Labute approximate surface area is 148 Å². The second kappa shape index (κ2) is 6.60. The van der Waals surface area contributed by atoms with Gasteiger partial charge in [0.05, 0.1) is 25.0 Å². The van der Waals surface area contributed by atoms with Crippen molar-refractivity contribution >= 4 is 17.4 Å². The Bertz CT molecular complexity index is 1010. The molecular formula is C17H18N6O3. The third-order valence-corrected chi connectivity index (χ3v) is 4.38. The van der Waals surface area contributed by atoms with E-state index in [1.807, 2.05) is 29.2 Å². The molecule has 26 heavy (non-hydrogen) atoms. The van der Waals surface area contributed by atoms with Crippen LogP contribution in [0.4, 0.5) is 5.69 Å². The average Bonchev–Trinajstić information content (AvgIpc) is 3.11. The number of amides is 1. The number of ether oxygens (including phenoxy) is 1. The molecule has 1 fully saturated rings. The highest BCUT2D eigenvalue weighted by atomic mass is 16.5. The van der Waals surface area contributed by atoms with Crippen molar-refractivity contribution in [3.63, 3.8) is 0 Å². The van der Waals surface area contributed by atoms with Crippen LogP contribution < -0.4 is 15.2 Å². The van der Waals surface area contributed by atoms with E-state index in [4.69, 9.17) is 4.74 Å². The minimum Gasteiger partial charge on any atom is -0.495 e. The first kappa shape index (κ1) is 16.3. The summed E-state index contributed by atoms with van der Waals surface area (Å²) in [5.74, 6) is 0.984. The van der Waals surface area contributed by atoms with Gasteiger partial charge in [-0.1, -0.05) is 12.1 Å². The van der Waals surface area contributed by atoms with Crippen LogP contribution in [-0.4, -0.2) is 57.1 Å². The maximum Gasteiger partial charge on any atom is 0.274 e. The second-order valence-electron chi connectivity index (χ2n) is 6.04. The molecule has 1 amide bonds. The lowest BCUT2D eigenvalue weighted by molar-refractivity contribution is -0.121. The number of carbonyl (C=O) groups is 1. The van der Waals surface area contributed by atoms with E-state index in [9.17, 15) is 9.59 Å². The van der Waals surface area contributed by atoms with E-state index in [0.717, 1.165) is 5.69 Å². The lowest BCUT2D eigenvalue weighted by Crippen LogP contribution is -2.50. The van der Waals surface area contributed by atoms with Gasteiger partial charge in [0.25, 0.3) is 11.3 Å². The van der Waals surface area contributed by atoms with Gasteiger partial charge in [-0.15, -0.1) is 0 Å². The zero-order valence-corrected chi connectivity index (χ0v) is 14.3. The van der Waals surface area contributed by atoms with Crippen molar-refractivity contribution in [2.45, 2.75) is 6.54 Å². The summed E-state index contributed by atoms with van der Waals surface area (Å²) in [5.41, 5.74) is 1.15. The highest BCUT2D eigenvalue weighted by Crippen LogP contribution is 2.28. The molecule has 3 aromatic rings.